The average molecular weight is 357 g/mol. The lowest BCUT2D eigenvalue weighted by Gasteiger charge is -2.28. The van der Waals surface area contributed by atoms with Crippen LogP contribution >= 0.6 is 0 Å². The number of benzene rings is 2. The Bertz CT molecular complexity index is 1070. The van der Waals surface area contributed by atoms with Gasteiger partial charge in [-0.1, -0.05) is 24.3 Å². The Morgan fingerprint density at radius 1 is 1.07 bits per heavy atom. The molecule has 0 bridgehead atoms. The molecule has 0 spiro atoms. The van der Waals surface area contributed by atoms with Gasteiger partial charge < -0.3 is 10.2 Å². The Hall–Kier alpha value is -3.21. The third-order valence-electron chi connectivity index (χ3n) is 5.55. The Labute approximate surface area is 157 Å². The first-order chi connectivity index (χ1) is 13.2. The molecule has 0 saturated carbocycles. The summed E-state index contributed by atoms with van der Waals surface area (Å²) >= 11 is 0. The first kappa shape index (κ1) is 16.0. The first-order valence-electron chi connectivity index (χ1n) is 9.27. The van der Waals surface area contributed by atoms with Crippen molar-refractivity contribution in [3.05, 3.63) is 66.0 Å². The van der Waals surface area contributed by atoms with Crippen molar-refractivity contribution in [3.63, 3.8) is 0 Å². The second-order valence-electron chi connectivity index (χ2n) is 7.17. The van der Waals surface area contributed by atoms with Crippen LogP contribution in [-0.2, 0) is 9.59 Å². The van der Waals surface area contributed by atoms with E-state index in [0.29, 0.717) is 12.8 Å². The maximum Gasteiger partial charge on any atom is 0.227 e. The number of amides is 2. The van der Waals surface area contributed by atoms with E-state index in [0.717, 1.165) is 46.2 Å². The molecule has 1 unspecified atom stereocenters. The lowest BCUT2D eigenvalue weighted by molar-refractivity contribution is -0.117. The van der Waals surface area contributed by atoms with Crippen LogP contribution < -0.4 is 10.2 Å². The summed E-state index contributed by atoms with van der Waals surface area (Å²) in [5, 5.41) is 5.19. The normalized spacial score (nSPS) is 19.3. The number of pyridine rings is 1. The molecular formula is C22H19N3O2. The fourth-order valence-corrected chi connectivity index (χ4v) is 4.27. The second kappa shape index (κ2) is 6.20. The van der Waals surface area contributed by atoms with Crippen LogP contribution in [0.25, 0.3) is 10.8 Å². The van der Waals surface area contributed by atoms with Crippen molar-refractivity contribution in [1.29, 1.82) is 0 Å². The molecule has 2 aliphatic rings. The third-order valence-corrected chi connectivity index (χ3v) is 5.55. The van der Waals surface area contributed by atoms with Crippen molar-refractivity contribution in [1.82, 2.24) is 4.98 Å². The van der Waals surface area contributed by atoms with Crippen molar-refractivity contribution in [2.24, 2.45) is 0 Å². The van der Waals surface area contributed by atoms with E-state index in [1.807, 2.05) is 36.5 Å². The fourth-order valence-electron chi connectivity index (χ4n) is 4.27. The molecule has 5 heteroatoms. The number of fused-ring (bicyclic) bond motifs is 2. The molecule has 1 N–H and O–H groups in total. The lowest BCUT2D eigenvalue weighted by atomic mass is 9.82. The van der Waals surface area contributed by atoms with E-state index in [1.54, 1.807) is 11.1 Å². The summed E-state index contributed by atoms with van der Waals surface area (Å²) in [6.07, 6.45) is 5.53. The van der Waals surface area contributed by atoms with Crippen LogP contribution in [0.4, 0.5) is 11.4 Å². The summed E-state index contributed by atoms with van der Waals surface area (Å²) < 4.78 is 0. The molecular weight excluding hydrogens is 338 g/mol. The SMILES string of the molecule is O=C1CC(c2cccc3cnccc23)c2ccc(N3CCCC3=O)cc2N1. The molecule has 3 heterocycles. The van der Waals surface area contributed by atoms with Crippen LogP contribution in [0.2, 0.25) is 0 Å². The number of anilines is 2. The predicted octanol–water partition coefficient (Wildman–Crippen LogP) is 3.84. The van der Waals surface area contributed by atoms with Gasteiger partial charge in [-0.15, -0.1) is 0 Å². The van der Waals surface area contributed by atoms with E-state index >= 15 is 0 Å². The highest BCUT2D eigenvalue weighted by Gasteiger charge is 2.29. The largest absolute Gasteiger partial charge is 0.326 e. The van der Waals surface area contributed by atoms with Crippen molar-refractivity contribution in [3.8, 4) is 0 Å². The Morgan fingerprint density at radius 2 is 2.00 bits per heavy atom. The van der Waals surface area contributed by atoms with Gasteiger partial charge in [0.25, 0.3) is 0 Å². The molecule has 1 saturated heterocycles. The van der Waals surface area contributed by atoms with Gasteiger partial charge >= 0.3 is 0 Å². The molecule has 2 amide bonds. The summed E-state index contributed by atoms with van der Waals surface area (Å²) in [5.74, 6) is 0.141. The molecule has 134 valence electrons. The van der Waals surface area contributed by atoms with Crippen LogP contribution in [0.1, 0.15) is 36.3 Å². The van der Waals surface area contributed by atoms with Gasteiger partial charge in [0.15, 0.2) is 0 Å². The number of nitrogens with one attached hydrogen (secondary N) is 1. The van der Waals surface area contributed by atoms with Gasteiger partial charge in [0.2, 0.25) is 11.8 Å². The quantitative estimate of drug-likeness (QED) is 0.758. The van der Waals surface area contributed by atoms with Crippen LogP contribution in [0.3, 0.4) is 0 Å². The maximum atomic E-state index is 12.4. The first-order valence-corrected chi connectivity index (χ1v) is 9.27. The molecule has 0 radical (unpaired) electrons. The van der Waals surface area contributed by atoms with E-state index in [4.69, 9.17) is 0 Å². The summed E-state index contributed by atoms with van der Waals surface area (Å²) in [6.45, 7) is 0.741. The number of carbonyl (C=O) groups is 2. The number of aromatic nitrogens is 1. The van der Waals surface area contributed by atoms with Crippen molar-refractivity contribution in [2.45, 2.75) is 25.2 Å². The molecule has 1 fully saturated rings. The molecule has 27 heavy (non-hydrogen) atoms. The Kier molecular flexibility index (Phi) is 3.67. The minimum absolute atomic E-state index is 0.00320. The van der Waals surface area contributed by atoms with Crippen LogP contribution in [0.5, 0.6) is 0 Å². The highest BCUT2D eigenvalue weighted by molar-refractivity contribution is 6.00. The molecule has 2 aliphatic heterocycles. The number of nitrogens with zero attached hydrogens (tertiary/aromatic N) is 2. The molecule has 3 aromatic rings. The number of hydrogen-bond donors (Lipinski definition) is 1. The topological polar surface area (TPSA) is 62.3 Å². The highest BCUT2D eigenvalue weighted by Crippen LogP contribution is 2.41. The van der Waals surface area contributed by atoms with Gasteiger partial charge in [-0.3, -0.25) is 14.6 Å². The van der Waals surface area contributed by atoms with Gasteiger partial charge in [0.05, 0.1) is 0 Å². The predicted molar refractivity (Wildman–Crippen MR) is 105 cm³/mol. The minimum atomic E-state index is -0.0109. The zero-order valence-corrected chi connectivity index (χ0v) is 14.8. The molecule has 1 atom stereocenters. The van der Waals surface area contributed by atoms with E-state index in [2.05, 4.69) is 22.4 Å². The zero-order valence-electron chi connectivity index (χ0n) is 14.8. The third kappa shape index (κ3) is 2.67. The van der Waals surface area contributed by atoms with E-state index in [9.17, 15) is 9.59 Å². The number of rotatable bonds is 2. The van der Waals surface area contributed by atoms with E-state index in [1.165, 1.54) is 0 Å². The lowest BCUT2D eigenvalue weighted by Crippen LogP contribution is -2.26. The molecule has 5 rings (SSSR count). The summed E-state index contributed by atoms with van der Waals surface area (Å²) in [5.41, 5.74) is 3.89. The summed E-state index contributed by atoms with van der Waals surface area (Å²) in [7, 11) is 0. The monoisotopic (exact) mass is 357 g/mol. The van der Waals surface area contributed by atoms with Gasteiger partial charge in [-0.2, -0.15) is 0 Å². The van der Waals surface area contributed by atoms with Gasteiger partial charge in [0.1, 0.15) is 0 Å². The van der Waals surface area contributed by atoms with Crippen molar-refractivity contribution in [2.75, 3.05) is 16.8 Å². The van der Waals surface area contributed by atoms with Gasteiger partial charge in [-0.05, 0) is 41.1 Å². The summed E-state index contributed by atoms with van der Waals surface area (Å²) in [4.78, 5) is 30.5. The van der Waals surface area contributed by atoms with Crippen LogP contribution in [0.15, 0.2) is 54.9 Å². The van der Waals surface area contributed by atoms with Gasteiger partial charge in [-0.25, -0.2) is 0 Å². The van der Waals surface area contributed by atoms with E-state index in [-0.39, 0.29) is 17.7 Å². The van der Waals surface area contributed by atoms with Crippen LogP contribution in [0, 0.1) is 0 Å². The number of carbonyl (C=O) groups excluding carboxylic acids is 2. The number of hydrogen-bond acceptors (Lipinski definition) is 3. The molecule has 2 aromatic carbocycles. The maximum absolute atomic E-state index is 12.4. The summed E-state index contributed by atoms with van der Waals surface area (Å²) in [6, 6.07) is 14.1. The van der Waals surface area contributed by atoms with Crippen molar-refractivity contribution < 1.29 is 9.59 Å². The highest BCUT2D eigenvalue weighted by atomic mass is 16.2. The smallest absolute Gasteiger partial charge is 0.227 e. The second-order valence-corrected chi connectivity index (χ2v) is 7.17. The van der Waals surface area contributed by atoms with Crippen molar-refractivity contribution >= 4 is 34.0 Å². The Balaban J connectivity index is 1.62. The Morgan fingerprint density at radius 3 is 2.85 bits per heavy atom. The standard InChI is InChI=1S/C22H19N3O2/c26-21-12-19(17-4-1-3-14-13-23-9-8-16(14)17)18-7-6-15(11-20(18)24-21)25-10-2-5-22(25)27/h1,3-4,6-9,11,13,19H,2,5,10,12H2,(H,24,26). The molecule has 1 aromatic heterocycles. The zero-order chi connectivity index (χ0) is 18.4. The van der Waals surface area contributed by atoms with Crippen LogP contribution in [-0.4, -0.2) is 23.3 Å². The minimum Gasteiger partial charge on any atom is -0.326 e. The molecule has 0 aliphatic carbocycles. The average Bonchev–Trinajstić information content (AvgIpc) is 3.12. The fraction of sp³-hybridized carbons (Fsp3) is 0.227. The van der Waals surface area contributed by atoms with E-state index < -0.39 is 0 Å². The van der Waals surface area contributed by atoms with Gasteiger partial charge in [0, 0.05) is 54.5 Å². The molecule has 5 nitrogen and oxygen atoms in total.